The number of ether oxygens (including phenoxy) is 1. The maximum Gasteiger partial charge on any atom is 0.496 e. The van der Waals surface area contributed by atoms with E-state index in [2.05, 4.69) is 4.98 Å². The first-order valence-electron chi connectivity index (χ1n) is 7.67. The van der Waals surface area contributed by atoms with Gasteiger partial charge < -0.3 is 19.8 Å². The van der Waals surface area contributed by atoms with Crippen molar-refractivity contribution in [1.82, 2.24) is 4.98 Å². The zero-order chi connectivity index (χ0) is 17.6. The van der Waals surface area contributed by atoms with E-state index >= 15 is 0 Å². The highest BCUT2D eigenvalue weighted by Gasteiger charge is 2.52. The maximum atomic E-state index is 11.1. The topological polar surface area (TPSA) is 83.7 Å². The van der Waals surface area contributed by atoms with E-state index in [1.165, 1.54) is 0 Å². The van der Waals surface area contributed by atoms with Gasteiger partial charge in [0.05, 0.1) is 11.2 Å². The van der Waals surface area contributed by atoms with Gasteiger partial charge in [-0.1, -0.05) is 26.8 Å². The smallest absolute Gasteiger partial charge is 0.399 e. The predicted molar refractivity (Wildman–Crippen MR) is 88.9 cm³/mol. The van der Waals surface area contributed by atoms with Crippen molar-refractivity contribution < 1.29 is 18.8 Å². The highest BCUT2D eigenvalue weighted by Crippen LogP contribution is 2.37. The molecule has 0 atom stereocenters. The zero-order valence-corrected chi connectivity index (χ0v) is 14.9. The molecule has 1 amide bonds. The Labute approximate surface area is 137 Å². The first kappa shape index (κ1) is 17.8. The number of carbonyl (C=O) groups excluding carboxylic acids is 1. The van der Waals surface area contributed by atoms with Gasteiger partial charge in [0.2, 0.25) is 5.88 Å². The molecule has 0 aromatic carbocycles. The second-order valence-electron chi connectivity index (χ2n) is 7.88. The SMILES string of the molecule is CC(C)(C)c1cc(B2OC(C)(C)C(C)(C)O2)cnc1OC(N)=O. The first-order chi connectivity index (χ1) is 10.3. The van der Waals surface area contributed by atoms with Crippen molar-refractivity contribution in [3.63, 3.8) is 0 Å². The minimum absolute atomic E-state index is 0.213. The van der Waals surface area contributed by atoms with E-state index in [-0.39, 0.29) is 11.3 Å². The average molecular weight is 320 g/mol. The fourth-order valence-electron chi connectivity index (χ4n) is 2.29. The molecule has 0 spiro atoms. The van der Waals surface area contributed by atoms with Crippen molar-refractivity contribution >= 4 is 18.7 Å². The van der Waals surface area contributed by atoms with E-state index in [1.807, 2.05) is 54.5 Å². The molecule has 2 N–H and O–H groups in total. The van der Waals surface area contributed by atoms with E-state index < -0.39 is 24.4 Å². The normalized spacial score (nSPS) is 19.7. The third kappa shape index (κ3) is 3.51. The molecule has 0 unspecified atom stereocenters. The number of nitrogens with zero attached hydrogens (tertiary/aromatic N) is 1. The van der Waals surface area contributed by atoms with Gasteiger partial charge in [0.15, 0.2) is 0 Å². The third-order valence-electron chi connectivity index (χ3n) is 4.40. The van der Waals surface area contributed by atoms with Gasteiger partial charge in [0.1, 0.15) is 0 Å². The lowest BCUT2D eigenvalue weighted by Crippen LogP contribution is -2.41. The second-order valence-corrected chi connectivity index (χ2v) is 7.88. The van der Waals surface area contributed by atoms with Crippen LogP contribution in [0.1, 0.15) is 54.0 Å². The van der Waals surface area contributed by atoms with Crippen LogP contribution in [0.2, 0.25) is 0 Å². The van der Waals surface area contributed by atoms with E-state index in [0.717, 1.165) is 11.0 Å². The summed E-state index contributed by atoms with van der Waals surface area (Å²) in [5, 5.41) is 0. The highest BCUT2D eigenvalue weighted by atomic mass is 16.7. The summed E-state index contributed by atoms with van der Waals surface area (Å²) in [4.78, 5) is 15.3. The number of amides is 1. The molecule has 1 aliphatic heterocycles. The summed E-state index contributed by atoms with van der Waals surface area (Å²) in [7, 11) is -0.517. The van der Waals surface area contributed by atoms with Gasteiger partial charge in [-0.15, -0.1) is 0 Å². The molecule has 1 saturated heterocycles. The Balaban J connectivity index is 2.41. The molecule has 1 aliphatic rings. The summed E-state index contributed by atoms with van der Waals surface area (Å²) in [6.45, 7) is 14.0. The van der Waals surface area contributed by atoms with Gasteiger partial charge in [0, 0.05) is 17.2 Å². The molecule has 0 bridgehead atoms. The van der Waals surface area contributed by atoms with Gasteiger partial charge in [-0.3, -0.25) is 0 Å². The lowest BCUT2D eigenvalue weighted by atomic mass is 9.77. The standard InChI is InChI=1S/C16H25BN2O4/c1-14(2,3)11-8-10(9-19-12(11)21-13(18)20)17-22-15(4,5)16(6,7)23-17/h8-9H,1-7H3,(H2,18,20). The number of nitrogens with two attached hydrogens (primary N) is 1. The number of rotatable bonds is 2. The Bertz CT molecular complexity index is 607. The van der Waals surface area contributed by atoms with E-state index in [0.29, 0.717) is 0 Å². The number of hydrogen-bond acceptors (Lipinski definition) is 5. The minimum atomic E-state index is -0.883. The number of primary amides is 1. The Morgan fingerprint density at radius 3 is 2.17 bits per heavy atom. The molecule has 23 heavy (non-hydrogen) atoms. The van der Waals surface area contributed by atoms with Crippen LogP contribution < -0.4 is 15.9 Å². The first-order valence-corrected chi connectivity index (χ1v) is 7.67. The Morgan fingerprint density at radius 2 is 1.74 bits per heavy atom. The summed E-state index contributed by atoms with van der Waals surface area (Å²) in [6.07, 6.45) is 0.710. The van der Waals surface area contributed by atoms with Crippen LogP contribution in [-0.4, -0.2) is 29.4 Å². The number of hydrogen-bond donors (Lipinski definition) is 1. The molecule has 0 radical (unpaired) electrons. The van der Waals surface area contributed by atoms with Crippen LogP contribution in [-0.2, 0) is 14.7 Å². The molecule has 126 valence electrons. The molecule has 1 aromatic rings. The average Bonchev–Trinajstić information content (AvgIpc) is 2.56. The fourth-order valence-corrected chi connectivity index (χ4v) is 2.29. The van der Waals surface area contributed by atoms with Crippen molar-refractivity contribution in [2.24, 2.45) is 5.73 Å². The van der Waals surface area contributed by atoms with Gasteiger partial charge in [-0.2, -0.15) is 0 Å². The van der Waals surface area contributed by atoms with Crippen molar-refractivity contribution in [1.29, 1.82) is 0 Å². The van der Waals surface area contributed by atoms with Crippen LogP contribution in [0.4, 0.5) is 4.79 Å². The van der Waals surface area contributed by atoms with Gasteiger partial charge in [0.25, 0.3) is 0 Å². The lowest BCUT2D eigenvalue weighted by Gasteiger charge is -2.32. The molecule has 0 saturated carbocycles. The Morgan fingerprint density at radius 1 is 1.22 bits per heavy atom. The van der Waals surface area contributed by atoms with Gasteiger partial charge in [-0.05, 0) is 33.1 Å². The number of aromatic nitrogens is 1. The van der Waals surface area contributed by atoms with Crippen LogP contribution in [0.25, 0.3) is 0 Å². The number of carbonyl (C=O) groups is 1. The third-order valence-corrected chi connectivity index (χ3v) is 4.40. The molecule has 2 heterocycles. The second kappa shape index (κ2) is 5.49. The van der Waals surface area contributed by atoms with Crippen LogP contribution >= 0.6 is 0 Å². The minimum Gasteiger partial charge on any atom is -0.399 e. The molecule has 6 nitrogen and oxygen atoms in total. The molecule has 1 aromatic heterocycles. The van der Waals surface area contributed by atoms with Crippen LogP contribution in [0, 0.1) is 0 Å². The van der Waals surface area contributed by atoms with E-state index in [4.69, 9.17) is 19.8 Å². The van der Waals surface area contributed by atoms with Gasteiger partial charge in [-0.25, -0.2) is 9.78 Å². The molecule has 1 fully saturated rings. The summed E-state index contributed by atoms with van der Waals surface area (Å²) < 4.78 is 17.1. The van der Waals surface area contributed by atoms with E-state index in [1.54, 1.807) is 6.20 Å². The molecule has 7 heteroatoms. The summed E-state index contributed by atoms with van der Waals surface area (Å²) in [6, 6.07) is 1.90. The Kier molecular flexibility index (Phi) is 4.24. The van der Waals surface area contributed by atoms with Crippen LogP contribution in [0.5, 0.6) is 5.88 Å². The highest BCUT2D eigenvalue weighted by molar-refractivity contribution is 6.62. The fraction of sp³-hybridized carbons (Fsp3) is 0.625. The quantitative estimate of drug-likeness (QED) is 0.844. The van der Waals surface area contributed by atoms with Crippen molar-refractivity contribution in [3.8, 4) is 5.88 Å². The van der Waals surface area contributed by atoms with Crippen molar-refractivity contribution in [2.75, 3.05) is 0 Å². The van der Waals surface area contributed by atoms with E-state index in [9.17, 15) is 4.79 Å². The lowest BCUT2D eigenvalue weighted by molar-refractivity contribution is 0.00578. The maximum absolute atomic E-state index is 11.1. The summed E-state index contributed by atoms with van der Waals surface area (Å²) >= 11 is 0. The summed E-state index contributed by atoms with van der Waals surface area (Å²) in [5.41, 5.74) is 5.53. The van der Waals surface area contributed by atoms with Crippen LogP contribution in [0.3, 0.4) is 0 Å². The predicted octanol–water partition coefficient (Wildman–Crippen LogP) is 2.14. The number of pyridine rings is 1. The van der Waals surface area contributed by atoms with Crippen LogP contribution in [0.15, 0.2) is 12.3 Å². The van der Waals surface area contributed by atoms with Gasteiger partial charge >= 0.3 is 13.2 Å². The molecular formula is C16H25BN2O4. The Hall–Kier alpha value is -1.60. The molecule has 0 aliphatic carbocycles. The zero-order valence-electron chi connectivity index (χ0n) is 14.9. The molecule has 2 rings (SSSR count). The van der Waals surface area contributed by atoms with Crippen molar-refractivity contribution in [2.45, 2.75) is 65.1 Å². The summed E-state index contributed by atoms with van der Waals surface area (Å²) in [5.74, 6) is 0.213. The largest absolute Gasteiger partial charge is 0.496 e. The van der Waals surface area contributed by atoms with Crippen molar-refractivity contribution in [3.05, 3.63) is 17.8 Å². The monoisotopic (exact) mass is 320 g/mol. The molecular weight excluding hydrogens is 295 g/mol.